The fraction of sp³-hybridized carbons (Fsp3) is 0.540. The van der Waals surface area contributed by atoms with Crippen molar-refractivity contribution in [1.29, 1.82) is 0 Å². The summed E-state index contributed by atoms with van der Waals surface area (Å²) in [4.78, 5) is 9.81. The summed E-state index contributed by atoms with van der Waals surface area (Å²) < 4.78 is 20.9. The van der Waals surface area contributed by atoms with Crippen LogP contribution in [0.25, 0.3) is 0 Å². The summed E-state index contributed by atoms with van der Waals surface area (Å²) >= 11 is 4.03. The molecule has 0 atom stereocenters. The van der Waals surface area contributed by atoms with Crippen LogP contribution in [0.2, 0.25) is 0 Å². The third kappa shape index (κ3) is 63.3. The van der Waals surface area contributed by atoms with Gasteiger partial charge in [-0.3, -0.25) is 9.97 Å². The molecule has 7 aromatic carbocycles. The minimum Gasteiger partial charge on any atom is -0.493 e. The van der Waals surface area contributed by atoms with E-state index in [1.54, 1.807) is 16.7 Å². The molecule has 0 radical (unpaired) electrons. The van der Waals surface area contributed by atoms with Gasteiger partial charge in [0.2, 0.25) is 6.79 Å². The van der Waals surface area contributed by atoms with Gasteiger partial charge in [0.05, 0.1) is 19.8 Å². The van der Waals surface area contributed by atoms with Gasteiger partial charge in [-0.15, -0.1) is 11.8 Å². The van der Waals surface area contributed by atoms with Gasteiger partial charge in [0, 0.05) is 53.7 Å². The van der Waals surface area contributed by atoms with Crippen molar-refractivity contribution >= 4 is 29.2 Å². The number of hydrogen-bond donors (Lipinski definition) is 2. The van der Waals surface area contributed by atoms with Gasteiger partial charge in [0.15, 0.2) is 11.5 Å². The van der Waals surface area contributed by atoms with Crippen molar-refractivity contribution in [3.8, 4) is 17.2 Å². The molecule has 2 aliphatic carbocycles. The van der Waals surface area contributed by atoms with E-state index in [1.807, 2.05) is 334 Å². The first-order valence-electron chi connectivity index (χ1n) is 49.7. The molecular formula is C113H194N4O4S2. The molecule has 9 heterocycles. The average Bonchev–Trinajstić information content (AvgIpc) is 1.84. The van der Waals surface area contributed by atoms with Crippen LogP contribution >= 0.6 is 23.5 Å². The standard InChI is InChI=1S/2C9H11N.2C9H10O.2C9H10S.2C8H9N.C7H6O2.18C2H6/c1-2-6-9-8(4-1)5-3-7-10-9;1-2-4-9-7-10-6-5-8(9)3-1;1-2-6-9-8(4-1)5-3-7-10-9;1-2-4-9-7-10-6-5-8(9)3-1;1-2-6-9-8(4-1)5-3-7-10-9;1-2-4-9-7-10-6-5-8(9)3-1;1-3-7-4-2-6-9-8(7)5-1;1-2-7-4-5-9-6-8(7)3-1;1-2-4-7-6(3-1)8-5-9-7;18*1-2/h1-2,4,6,10H,3,5,7H2;1-4,10H,5-7H2;1-2,4,6H,3,5,7H2;1-4H,5-7H2;1-2,4,6H,3,5,7H2;1-4H,5-7H2;2,4,6H,1,3,5H2;4-6H,1-3H2;1-4H,5H2;18*1-2H3. The molecule has 0 saturated carbocycles. The number of benzene rings is 7. The number of ether oxygens (including phenoxy) is 4. The van der Waals surface area contributed by atoms with Gasteiger partial charge in [-0.1, -0.05) is 395 Å². The Morgan fingerprint density at radius 2 is 0.707 bits per heavy atom. The maximum Gasteiger partial charge on any atom is 0.231 e. The highest BCUT2D eigenvalue weighted by molar-refractivity contribution is 7.99. The number of anilines is 1. The number of thioether (sulfide) groups is 2. The Kier molecular flexibility index (Phi) is 120. The van der Waals surface area contributed by atoms with E-state index < -0.39 is 0 Å². The van der Waals surface area contributed by atoms with E-state index in [9.17, 15) is 0 Å². The SMILES string of the molecule is CC.CC.CC.CC.CC.CC.CC.CC.CC.CC.CC.CC.CC.CC.CC.CC.CC.CC.c1cc2c(cn1)CCC2.c1ccc2c(c1)CCCN2.c1ccc2c(c1)CCCO2.c1ccc2c(c1)CCCS2.c1ccc2c(c1)CCNC2.c1ccc2c(c1)CCOC2.c1ccc2c(c1)CCSC2.c1ccc2c(c1)OCO2.c1cnc2c(c1)CCC2. The first-order chi connectivity index (χ1) is 61.2. The third-order valence-corrected chi connectivity index (χ3v) is 18.6. The molecular weight excluding hydrogens is 1540 g/mol. The molecule has 18 rings (SSSR count). The number of nitrogens with one attached hydrogen (secondary N) is 2. The van der Waals surface area contributed by atoms with E-state index in [4.69, 9.17) is 18.9 Å². The summed E-state index contributed by atoms with van der Waals surface area (Å²) in [7, 11) is 0. The summed E-state index contributed by atoms with van der Waals surface area (Å²) in [5, 5.41) is 6.70. The molecule has 7 aliphatic heterocycles. The Morgan fingerprint density at radius 1 is 0.285 bits per heavy atom. The van der Waals surface area contributed by atoms with Crippen LogP contribution in [0.5, 0.6) is 17.2 Å². The van der Waals surface area contributed by atoms with Crippen molar-refractivity contribution in [2.75, 3.05) is 49.9 Å². The lowest BCUT2D eigenvalue weighted by Crippen LogP contribution is -2.23. The van der Waals surface area contributed by atoms with Crippen molar-refractivity contribution in [2.24, 2.45) is 0 Å². The van der Waals surface area contributed by atoms with E-state index >= 15 is 0 Å². The Bertz CT molecular complexity index is 2770. The summed E-state index contributed by atoms with van der Waals surface area (Å²) in [5.74, 6) is 6.59. The molecule has 2 aromatic heterocycles. The number of fused-ring (bicyclic) bond motifs is 9. The number of rotatable bonds is 0. The zero-order chi connectivity index (χ0) is 95.2. The van der Waals surface area contributed by atoms with Crippen LogP contribution in [0.3, 0.4) is 0 Å². The van der Waals surface area contributed by atoms with Gasteiger partial charge >= 0.3 is 0 Å². The normalized spacial score (nSPS) is 12.0. The predicted molar refractivity (Wildman–Crippen MR) is 566 cm³/mol. The van der Waals surface area contributed by atoms with Gasteiger partial charge in [-0.05, 0) is 224 Å². The number of pyridine rings is 2. The van der Waals surface area contributed by atoms with Crippen LogP contribution in [-0.4, -0.2) is 54.6 Å². The Morgan fingerprint density at radius 3 is 1.23 bits per heavy atom. The van der Waals surface area contributed by atoms with E-state index in [0.717, 1.165) is 69.5 Å². The maximum absolute atomic E-state index is 5.42. The minimum atomic E-state index is 0.360. The van der Waals surface area contributed by atoms with Crippen molar-refractivity contribution in [1.82, 2.24) is 15.3 Å². The van der Waals surface area contributed by atoms with Gasteiger partial charge in [0.25, 0.3) is 0 Å². The molecule has 0 bridgehead atoms. The Hall–Kier alpha value is -7.34. The number of aromatic nitrogens is 2. The zero-order valence-electron chi connectivity index (χ0n) is 86.7. The van der Waals surface area contributed by atoms with Crippen molar-refractivity contribution in [2.45, 2.75) is 369 Å². The summed E-state index contributed by atoms with van der Waals surface area (Å²) in [6.07, 6.45) is 24.3. The lowest BCUT2D eigenvalue weighted by atomic mass is 10.0. The van der Waals surface area contributed by atoms with Crippen molar-refractivity contribution in [3.63, 3.8) is 0 Å². The molecule has 2 N–H and O–H groups in total. The van der Waals surface area contributed by atoms with E-state index in [1.165, 1.54) is 167 Å². The highest BCUT2D eigenvalue weighted by Crippen LogP contribution is 2.32. The molecule has 0 saturated heterocycles. The van der Waals surface area contributed by atoms with Crippen molar-refractivity contribution in [3.05, 3.63) is 279 Å². The Balaban J connectivity index is -0.000000162. The second kappa shape index (κ2) is 111. The average molecular weight is 1740 g/mol. The number of nitrogens with zero attached hydrogens (tertiary/aromatic N) is 2. The van der Waals surface area contributed by atoms with Crippen LogP contribution in [0.4, 0.5) is 5.69 Å². The fourth-order valence-corrected chi connectivity index (χ4v) is 13.7. The molecule has 9 aliphatic rings. The topological polar surface area (TPSA) is 86.8 Å². The lowest BCUT2D eigenvalue weighted by molar-refractivity contribution is 0.111. The highest BCUT2D eigenvalue weighted by atomic mass is 32.2. The second-order valence-electron chi connectivity index (χ2n) is 22.5. The van der Waals surface area contributed by atoms with Crippen LogP contribution in [-0.2, 0) is 87.8 Å². The molecule has 9 aromatic rings. The van der Waals surface area contributed by atoms with Gasteiger partial charge in [-0.25, -0.2) is 0 Å². The van der Waals surface area contributed by atoms with Crippen LogP contribution < -0.4 is 24.8 Å². The molecule has 702 valence electrons. The van der Waals surface area contributed by atoms with Gasteiger partial charge < -0.3 is 29.6 Å². The molecule has 10 heteroatoms. The first-order valence-corrected chi connectivity index (χ1v) is 51.8. The van der Waals surface area contributed by atoms with E-state index in [0.29, 0.717) is 6.79 Å². The number of para-hydroxylation sites is 4. The Labute approximate surface area is 773 Å². The molecule has 0 amide bonds. The summed E-state index contributed by atoms with van der Waals surface area (Å²) in [5.41, 5.74) is 20.3. The van der Waals surface area contributed by atoms with Crippen LogP contribution in [0, 0.1) is 0 Å². The molecule has 123 heavy (non-hydrogen) atoms. The van der Waals surface area contributed by atoms with Crippen LogP contribution in [0.1, 0.15) is 354 Å². The number of aryl methyl sites for hydroxylation is 8. The lowest BCUT2D eigenvalue weighted by Gasteiger charge is -2.16. The maximum atomic E-state index is 5.42. The third-order valence-electron chi connectivity index (χ3n) is 16.4. The summed E-state index contributed by atoms with van der Waals surface area (Å²) in [6, 6.07) is 65.3. The van der Waals surface area contributed by atoms with Crippen molar-refractivity contribution < 1.29 is 18.9 Å². The van der Waals surface area contributed by atoms with E-state index in [2.05, 4.69) is 166 Å². The fourth-order valence-electron chi connectivity index (χ4n) is 11.6. The summed E-state index contributed by atoms with van der Waals surface area (Å²) in [6.45, 7) is 78.3. The zero-order valence-corrected chi connectivity index (χ0v) is 88.3. The highest BCUT2D eigenvalue weighted by Gasteiger charge is 2.14. The number of hydrogen-bond acceptors (Lipinski definition) is 10. The molecule has 0 unspecified atom stereocenters. The quantitative estimate of drug-likeness (QED) is 0.153. The molecule has 0 spiro atoms. The smallest absolute Gasteiger partial charge is 0.231 e. The first kappa shape index (κ1) is 134. The molecule has 8 nitrogen and oxygen atoms in total. The van der Waals surface area contributed by atoms with Crippen LogP contribution in [0.15, 0.2) is 212 Å². The minimum absolute atomic E-state index is 0.360. The largest absolute Gasteiger partial charge is 0.493 e. The second-order valence-corrected chi connectivity index (χ2v) is 24.7. The van der Waals surface area contributed by atoms with Gasteiger partial charge in [0.1, 0.15) is 5.75 Å². The monoisotopic (exact) mass is 1740 g/mol. The van der Waals surface area contributed by atoms with E-state index in [-0.39, 0.29) is 0 Å². The predicted octanol–water partition coefficient (Wildman–Crippen LogP) is 35.4. The van der Waals surface area contributed by atoms with Gasteiger partial charge in [-0.2, -0.15) is 11.8 Å². The molecule has 0 fully saturated rings.